The number of hydrogen-bond acceptors (Lipinski definition) is 4. The quantitative estimate of drug-likeness (QED) is 0.710. The van der Waals surface area contributed by atoms with Crippen LogP contribution >= 0.6 is 11.6 Å². The van der Waals surface area contributed by atoms with Crippen LogP contribution in [0.5, 0.6) is 5.75 Å². The number of alkyl halides is 3. The molecule has 1 aromatic heterocycles. The van der Waals surface area contributed by atoms with Crippen molar-refractivity contribution in [3.8, 4) is 5.75 Å². The van der Waals surface area contributed by atoms with E-state index in [4.69, 9.17) is 11.6 Å². The number of hydrogen-bond donors (Lipinski definition) is 2. The van der Waals surface area contributed by atoms with Crippen molar-refractivity contribution in [3.63, 3.8) is 0 Å². The molecule has 0 aliphatic heterocycles. The first-order valence-electron chi connectivity index (χ1n) is 7.66. The zero-order chi connectivity index (χ0) is 20.0. The third kappa shape index (κ3) is 6.40. The Morgan fingerprint density at radius 3 is 2.70 bits per heavy atom. The highest BCUT2D eigenvalue weighted by Gasteiger charge is 2.33. The second kappa shape index (κ2) is 9.05. The molecule has 2 aromatic rings. The number of benzene rings is 1. The third-order valence-corrected chi connectivity index (χ3v) is 4.45. The van der Waals surface area contributed by atoms with Crippen molar-refractivity contribution in [1.29, 1.82) is 0 Å². The Kier molecular flexibility index (Phi) is 7.03. The van der Waals surface area contributed by atoms with Crippen molar-refractivity contribution >= 4 is 34.2 Å². The van der Waals surface area contributed by atoms with Gasteiger partial charge in [-0.2, -0.15) is 0 Å². The van der Waals surface area contributed by atoms with E-state index in [-0.39, 0.29) is 27.1 Å². The highest BCUT2D eigenvalue weighted by molar-refractivity contribution is 7.86. The molecule has 2 rings (SSSR count). The maximum Gasteiger partial charge on any atom is 0.573 e. The highest BCUT2D eigenvalue weighted by Crippen LogP contribution is 2.31. The molecule has 1 atom stereocenters. The van der Waals surface area contributed by atoms with Crippen molar-refractivity contribution in [2.24, 2.45) is 0 Å². The molecule has 1 aromatic carbocycles. The number of nitrogens with zero attached hydrogens (tertiary/aromatic N) is 1. The van der Waals surface area contributed by atoms with Crippen molar-refractivity contribution in [3.05, 3.63) is 47.2 Å². The maximum absolute atomic E-state index is 12.5. The standard InChI is InChI=1S/C16H15ClF3N3O3S/c1-2-5-22-15(24)10-6-12(9-21-8-10)23-27(25)14-7-11(17)3-4-13(14)26-16(18,19)20/h3-4,6-9,23H,2,5H2,1H3,(H,22,24). The summed E-state index contributed by atoms with van der Waals surface area (Å²) in [5.41, 5.74) is 0.388. The molecule has 0 spiro atoms. The van der Waals surface area contributed by atoms with Crippen LogP contribution in [0.4, 0.5) is 18.9 Å². The van der Waals surface area contributed by atoms with E-state index in [0.717, 1.165) is 18.6 Å². The predicted molar refractivity (Wildman–Crippen MR) is 95.0 cm³/mol. The van der Waals surface area contributed by atoms with E-state index in [1.807, 2.05) is 6.92 Å². The second-order valence-corrected chi connectivity index (χ2v) is 6.85. The zero-order valence-corrected chi connectivity index (χ0v) is 15.5. The van der Waals surface area contributed by atoms with Crippen LogP contribution < -0.4 is 14.8 Å². The summed E-state index contributed by atoms with van der Waals surface area (Å²) in [5.74, 6) is -1.02. The van der Waals surface area contributed by atoms with E-state index in [2.05, 4.69) is 19.8 Å². The maximum atomic E-state index is 12.5. The minimum absolute atomic E-state index is 0.0838. The van der Waals surface area contributed by atoms with E-state index in [0.29, 0.717) is 6.54 Å². The number of anilines is 1. The van der Waals surface area contributed by atoms with Gasteiger partial charge in [0.15, 0.2) is 11.0 Å². The van der Waals surface area contributed by atoms with Crippen LogP contribution in [0.15, 0.2) is 41.6 Å². The molecule has 2 N–H and O–H groups in total. The molecule has 146 valence electrons. The molecule has 0 aliphatic rings. The predicted octanol–water partition coefficient (Wildman–Crippen LogP) is 3.91. The van der Waals surface area contributed by atoms with E-state index >= 15 is 0 Å². The number of rotatable bonds is 7. The van der Waals surface area contributed by atoms with Gasteiger partial charge in [-0.05, 0) is 30.7 Å². The Bertz CT molecular complexity index is 849. The fourth-order valence-electron chi connectivity index (χ4n) is 1.96. The average molecular weight is 422 g/mol. The molecular formula is C16H15ClF3N3O3S. The topological polar surface area (TPSA) is 80.3 Å². The number of pyridine rings is 1. The number of nitrogens with one attached hydrogen (secondary N) is 2. The van der Waals surface area contributed by atoms with E-state index in [1.54, 1.807) is 0 Å². The number of carbonyl (C=O) groups is 1. The van der Waals surface area contributed by atoms with Crippen LogP contribution in [-0.2, 0) is 11.0 Å². The zero-order valence-electron chi connectivity index (χ0n) is 14.0. The molecule has 0 saturated heterocycles. The minimum Gasteiger partial charge on any atom is -0.404 e. The molecule has 1 amide bonds. The monoisotopic (exact) mass is 421 g/mol. The Balaban J connectivity index is 2.22. The summed E-state index contributed by atoms with van der Waals surface area (Å²) in [6, 6.07) is 4.63. The lowest BCUT2D eigenvalue weighted by Gasteiger charge is -2.14. The van der Waals surface area contributed by atoms with Gasteiger partial charge in [-0.25, -0.2) is 4.21 Å². The molecule has 0 bridgehead atoms. The van der Waals surface area contributed by atoms with Gasteiger partial charge in [0, 0.05) is 17.8 Å². The lowest BCUT2D eigenvalue weighted by molar-refractivity contribution is -0.275. The summed E-state index contributed by atoms with van der Waals surface area (Å²) in [4.78, 5) is 15.5. The highest BCUT2D eigenvalue weighted by atomic mass is 35.5. The van der Waals surface area contributed by atoms with Gasteiger partial charge in [0.1, 0.15) is 10.6 Å². The van der Waals surface area contributed by atoms with Crippen molar-refractivity contribution < 1.29 is 26.9 Å². The first-order valence-corrected chi connectivity index (χ1v) is 9.19. The Hall–Kier alpha value is -2.33. The molecule has 0 aliphatic carbocycles. The van der Waals surface area contributed by atoms with E-state index in [9.17, 15) is 22.2 Å². The molecule has 11 heteroatoms. The number of ether oxygens (including phenoxy) is 1. The summed E-state index contributed by atoms with van der Waals surface area (Å²) in [6.07, 6.45) is -1.61. The average Bonchev–Trinajstić information content (AvgIpc) is 2.60. The number of amides is 1. The lowest BCUT2D eigenvalue weighted by atomic mass is 10.2. The summed E-state index contributed by atoms with van der Waals surface area (Å²) in [6.45, 7) is 2.37. The Morgan fingerprint density at radius 1 is 1.30 bits per heavy atom. The summed E-state index contributed by atoms with van der Waals surface area (Å²) >= 11 is 5.79. The summed E-state index contributed by atoms with van der Waals surface area (Å²) in [5, 5.41) is 2.74. The lowest BCUT2D eigenvalue weighted by Crippen LogP contribution is -2.24. The largest absolute Gasteiger partial charge is 0.573 e. The minimum atomic E-state index is -4.95. The van der Waals surface area contributed by atoms with Crippen LogP contribution in [0.3, 0.4) is 0 Å². The van der Waals surface area contributed by atoms with Gasteiger partial charge in [0.05, 0.1) is 17.4 Å². The van der Waals surface area contributed by atoms with Gasteiger partial charge in [0.2, 0.25) is 0 Å². The van der Waals surface area contributed by atoms with Crippen molar-refractivity contribution in [2.45, 2.75) is 24.6 Å². The molecule has 27 heavy (non-hydrogen) atoms. The van der Waals surface area contributed by atoms with Crippen LogP contribution in [0, 0.1) is 0 Å². The smallest absolute Gasteiger partial charge is 0.404 e. The summed E-state index contributed by atoms with van der Waals surface area (Å²) in [7, 11) is -2.15. The van der Waals surface area contributed by atoms with Gasteiger partial charge in [-0.3, -0.25) is 14.5 Å². The molecule has 0 radical (unpaired) electrons. The molecule has 1 heterocycles. The summed E-state index contributed by atoms with van der Waals surface area (Å²) < 4.78 is 56.4. The first-order chi connectivity index (χ1) is 12.7. The fraction of sp³-hybridized carbons (Fsp3) is 0.250. The van der Waals surface area contributed by atoms with Gasteiger partial charge >= 0.3 is 6.36 Å². The van der Waals surface area contributed by atoms with Crippen molar-refractivity contribution in [1.82, 2.24) is 10.3 Å². The fourth-order valence-corrected chi connectivity index (χ4v) is 3.16. The second-order valence-electron chi connectivity index (χ2n) is 5.23. The van der Waals surface area contributed by atoms with Crippen LogP contribution in [0.1, 0.15) is 23.7 Å². The van der Waals surface area contributed by atoms with Crippen molar-refractivity contribution in [2.75, 3.05) is 11.3 Å². The number of carbonyl (C=O) groups excluding carboxylic acids is 1. The molecule has 1 unspecified atom stereocenters. The van der Waals surface area contributed by atoms with Crippen LogP contribution in [-0.4, -0.2) is 28.0 Å². The van der Waals surface area contributed by atoms with Gasteiger partial charge in [0.25, 0.3) is 5.91 Å². The van der Waals surface area contributed by atoms with Gasteiger partial charge in [-0.15, -0.1) is 13.2 Å². The Morgan fingerprint density at radius 2 is 2.04 bits per heavy atom. The number of halogens is 4. The first kappa shape index (κ1) is 21.0. The van der Waals surface area contributed by atoms with Gasteiger partial charge < -0.3 is 10.1 Å². The molecular weight excluding hydrogens is 407 g/mol. The molecule has 0 saturated carbocycles. The normalized spacial score (nSPS) is 12.3. The van der Waals surface area contributed by atoms with Crippen LogP contribution in [0.2, 0.25) is 5.02 Å². The third-order valence-electron chi connectivity index (χ3n) is 3.08. The SMILES string of the molecule is CCCNC(=O)c1cncc(NS(=O)c2cc(Cl)ccc2OC(F)(F)F)c1. The Labute approximate surface area is 160 Å². The van der Waals surface area contributed by atoms with E-state index in [1.165, 1.54) is 24.5 Å². The molecule has 6 nitrogen and oxygen atoms in total. The van der Waals surface area contributed by atoms with Gasteiger partial charge in [-0.1, -0.05) is 18.5 Å². The van der Waals surface area contributed by atoms with E-state index < -0.39 is 23.1 Å². The molecule has 0 fully saturated rings. The number of aromatic nitrogens is 1. The van der Waals surface area contributed by atoms with Crippen LogP contribution in [0.25, 0.3) is 0 Å².